The Hall–Kier alpha value is -2.12. The molecule has 0 saturated carbocycles. The van der Waals surface area contributed by atoms with E-state index in [2.05, 4.69) is 26.1 Å². The molecule has 2 aromatic carbocycles. The number of carbonyl (C=O) groups is 1. The number of benzene rings is 2. The van der Waals surface area contributed by atoms with E-state index in [1.807, 2.05) is 50.2 Å². The van der Waals surface area contributed by atoms with Gasteiger partial charge in [0, 0.05) is 10.0 Å². The lowest BCUT2D eigenvalue weighted by molar-refractivity contribution is -0.131. The van der Waals surface area contributed by atoms with Crippen molar-refractivity contribution in [2.75, 3.05) is 5.75 Å². The molecule has 3 rings (SSSR count). The molecular formula is C18H15BrN2O3S. The van der Waals surface area contributed by atoms with Crippen LogP contribution < -0.4 is 4.74 Å². The van der Waals surface area contributed by atoms with Gasteiger partial charge in [0.25, 0.3) is 5.22 Å². The van der Waals surface area contributed by atoms with Crippen molar-refractivity contribution in [3.05, 3.63) is 58.1 Å². The van der Waals surface area contributed by atoms with Gasteiger partial charge in [-0.15, -0.1) is 10.2 Å². The molecule has 0 spiro atoms. The van der Waals surface area contributed by atoms with Crippen LogP contribution >= 0.6 is 27.7 Å². The highest BCUT2D eigenvalue weighted by Crippen LogP contribution is 2.25. The molecule has 0 saturated heterocycles. The van der Waals surface area contributed by atoms with Gasteiger partial charge in [-0.2, -0.15) is 0 Å². The number of hydrogen-bond donors (Lipinski definition) is 0. The number of thioether (sulfide) groups is 1. The molecule has 0 aliphatic rings. The molecule has 0 aliphatic carbocycles. The summed E-state index contributed by atoms with van der Waals surface area (Å²) in [5.74, 6) is 0.679. The summed E-state index contributed by atoms with van der Waals surface area (Å²) < 4.78 is 11.9. The standard InChI is InChI=1S/C18H15BrN2O3S/c1-11-3-8-15(9-12(11)2)23-16(22)10-25-18-21-20-17(24-18)13-4-6-14(19)7-5-13/h3-9H,10H2,1-2H3. The van der Waals surface area contributed by atoms with Crippen LogP contribution in [0.2, 0.25) is 0 Å². The smallest absolute Gasteiger partial charge is 0.321 e. The summed E-state index contributed by atoms with van der Waals surface area (Å²) in [6.45, 7) is 3.99. The van der Waals surface area contributed by atoms with Crippen molar-refractivity contribution in [2.24, 2.45) is 0 Å². The normalized spacial score (nSPS) is 10.7. The molecule has 7 heteroatoms. The van der Waals surface area contributed by atoms with Crippen LogP contribution in [0.1, 0.15) is 11.1 Å². The van der Waals surface area contributed by atoms with E-state index < -0.39 is 0 Å². The molecule has 1 heterocycles. The predicted molar refractivity (Wildman–Crippen MR) is 99.7 cm³/mol. The van der Waals surface area contributed by atoms with Crippen LogP contribution in [0.3, 0.4) is 0 Å². The third-order valence-corrected chi connectivity index (χ3v) is 4.84. The van der Waals surface area contributed by atoms with E-state index in [1.54, 1.807) is 6.07 Å². The molecule has 3 aromatic rings. The Kier molecular flexibility index (Phi) is 5.55. The van der Waals surface area contributed by atoms with E-state index in [1.165, 1.54) is 0 Å². The average Bonchev–Trinajstić information content (AvgIpc) is 3.06. The van der Waals surface area contributed by atoms with Gasteiger partial charge in [0.1, 0.15) is 11.5 Å². The first-order valence-corrected chi connectivity index (χ1v) is 9.29. The van der Waals surface area contributed by atoms with E-state index in [0.717, 1.165) is 32.9 Å². The van der Waals surface area contributed by atoms with Crippen LogP contribution in [0.4, 0.5) is 0 Å². The lowest BCUT2D eigenvalue weighted by Crippen LogP contribution is -2.10. The van der Waals surface area contributed by atoms with Crippen molar-refractivity contribution in [1.82, 2.24) is 10.2 Å². The summed E-state index contributed by atoms with van der Waals surface area (Å²) in [7, 11) is 0. The van der Waals surface area contributed by atoms with Crippen molar-refractivity contribution >= 4 is 33.7 Å². The number of aryl methyl sites for hydroxylation is 2. The van der Waals surface area contributed by atoms with Crippen LogP contribution in [0.25, 0.3) is 11.5 Å². The Labute approximate surface area is 157 Å². The maximum absolute atomic E-state index is 12.0. The first-order valence-electron chi connectivity index (χ1n) is 7.51. The van der Waals surface area contributed by atoms with E-state index >= 15 is 0 Å². The van der Waals surface area contributed by atoms with Crippen molar-refractivity contribution in [3.8, 4) is 17.2 Å². The quantitative estimate of drug-likeness (QED) is 0.336. The van der Waals surface area contributed by atoms with Crippen LogP contribution in [0.15, 0.2) is 56.6 Å². The minimum absolute atomic E-state index is 0.0922. The second-order valence-corrected chi connectivity index (χ2v) is 7.23. The van der Waals surface area contributed by atoms with E-state index in [9.17, 15) is 4.79 Å². The van der Waals surface area contributed by atoms with Crippen molar-refractivity contribution < 1.29 is 13.9 Å². The van der Waals surface area contributed by atoms with Gasteiger partial charge in [-0.05, 0) is 61.4 Å². The molecule has 25 heavy (non-hydrogen) atoms. The number of aromatic nitrogens is 2. The Balaban J connectivity index is 1.57. The molecule has 1 aromatic heterocycles. The first kappa shape index (κ1) is 17.7. The van der Waals surface area contributed by atoms with E-state index in [0.29, 0.717) is 16.9 Å². The number of halogens is 1. The third kappa shape index (κ3) is 4.70. The Morgan fingerprint density at radius 1 is 1.12 bits per heavy atom. The van der Waals surface area contributed by atoms with E-state index in [4.69, 9.17) is 9.15 Å². The van der Waals surface area contributed by atoms with Crippen molar-refractivity contribution in [2.45, 2.75) is 19.1 Å². The molecule has 0 N–H and O–H groups in total. The maximum atomic E-state index is 12.0. The highest BCUT2D eigenvalue weighted by Gasteiger charge is 2.12. The van der Waals surface area contributed by atoms with Gasteiger partial charge < -0.3 is 9.15 Å². The molecule has 128 valence electrons. The summed E-state index contributed by atoms with van der Waals surface area (Å²) in [6.07, 6.45) is 0. The summed E-state index contributed by atoms with van der Waals surface area (Å²) in [6, 6.07) is 13.1. The number of ether oxygens (including phenoxy) is 1. The molecule has 0 amide bonds. The number of rotatable bonds is 5. The zero-order valence-electron chi connectivity index (χ0n) is 13.7. The molecular weight excluding hydrogens is 404 g/mol. The Bertz CT molecular complexity index is 894. The summed E-state index contributed by atoms with van der Waals surface area (Å²) in [5, 5.41) is 8.27. The summed E-state index contributed by atoms with van der Waals surface area (Å²) >= 11 is 4.53. The first-order chi connectivity index (χ1) is 12.0. The Morgan fingerprint density at radius 2 is 1.88 bits per heavy atom. The van der Waals surface area contributed by atoms with Crippen molar-refractivity contribution in [1.29, 1.82) is 0 Å². The molecule has 0 atom stereocenters. The lowest BCUT2D eigenvalue weighted by Gasteiger charge is -2.05. The zero-order chi connectivity index (χ0) is 17.8. The second kappa shape index (κ2) is 7.84. The zero-order valence-corrected chi connectivity index (χ0v) is 16.1. The molecule has 5 nitrogen and oxygen atoms in total. The van der Waals surface area contributed by atoms with Gasteiger partial charge in [0.2, 0.25) is 5.89 Å². The molecule has 0 fully saturated rings. The number of hydrogen-bond acceptors (Lipinski definition) is 6. The fourth-order valence-electron chi connectivity index (χ4n) is 2.04. The maximum Gasteiger partial charge on any atom is 0.321 e. The Morgan fingerprint density at radius 3 is 2.60 bits per heavy atom. The topological polar surface area (TPSA) is 65.2 Å². The SMILES string of the molecule is Cc1ccc(OC(=O)CSc2nnc(-c3ccc(Br)cc3)o2)cc1C. The average molecular weight is 419 g/mol. The van der Waals surface area contributed by atoms with Crippen molar-refractivity contribution in [3.63, 3.8) is 0 Å². The van der Waals surface area contributed by atoms with Gasteiger partial charge in [-0.25, -0.2) is 0 Å². The largest absolute Gasteiger partial charge is 0.426 e. The van der Waals surface area contributed by atoms with Gasteiger partial charge in [-0.3, -0.25) is 4.79 Å². The van der Waals surface area contributed by atoms with Gasteiger partial charge in [0.15, 0.2) is 0 Å². The van der Waals surface area contributed by atoms with Gasteiger partial charge in [0.05, 0.1) is 0 Å². The highest BCUT2D eigenvalue weighted by atomic mass is 79.9. The summed E-state index contributed by atoms with van der Waals surface area (Å²) in [5.41, 5.74) is 3.05. The van der Waals surface area contributed by atoms with Crippen LogP contribution in [0.5, 0.6) is 5.75 Å². The number of esters is 1. The van der Waals surface area contributed by atoms with Crippen LogP contribution in [-0.4, -0.2) is 21.9 Å². The predicted octanol–water partition coefficient (Wildman–Crippen LogP) is 4.81. The number of carbonyl (C=O) groups excluding carboxylic acids is 1. The molecule has 0 bridgehead atoms. The molecule has 0 unspecified atom stereocenters. The third-order valence-electron chi connectivity index (χ3n) is 3.52. The second-order valence-electron chi connectivity index (χ2n) is 5.39. The fourth-order valence-corrected chi connectivity index (χ4v) is 2.84. The summed E-state index contributed by atoms with van der Waals surface area (Å²) in [4.78, 5) is 12.0. The number of nitrogens with zero attached hydrogens (tertiary/aromatic N) is 2. The minimum atomic E-state index is -0.364. The molecule has 0 aliphatic heterocycles. The molecule has 0 radical (unpaired) electrons. The lowest BCUT2D eigenvalue weighted by atomic mass is 10.1. The monoisotopic (exact) mass is 418 g/mol. The highest BCUT2D eigenvalue weighted by molar-refractivity contribution is 9.10. The van der Waals surface area contributed by atoms with Crippen LogP contribution in [-0.2, 0) is 4.79 Å². The van der Waals surface area contributed by atoms with Gasteiger partial charge in [-0.1, -0.05) is 33.8 Å². The van der Waals surface area contributed by atoms with Crippen LogP contribution in [0, 0.1) is 13.8 Å². The van der Waals surface area contributed by atoms with E-state index in [-0.39, 0.29) is 11.7 Å². The minimum Gasteiger partial charge on any atom is -0.426 e. The fraction of sp³-hybridized carbons (Fsp3) is 0.167. The van der Waals surface area contributed by atoms with Gasteiger partial charge >= 0.3 is 5.97 Å².